The van der Waals surface area contributed by atoms with E-state index in [-0.39, 0.29) is 5.25 Å². The van der Waals surface area contributed by atoms with E-state index in [4.69, 9.17) is 0 Å². The van der Waals surface area contributed by atoms with Crippen LogP contribution in [0.25, 0.3) is 0 Å². The minimum absolute atomic E-state index is 0.284. The van der Waals surface area contributed by atoms with Crippen LogP contribution in [0.2, 0.25) is 0 Å². The van der Waals surface area contributed by atoms with Crippen LogP contribution in [0.3, 0.4) is 0 Å². The maximum Gasteiger partial charge on any atom is 0.0441 e. The highest BCUT2D eigenvalue weighted by molar-refractivity contribution is 7.84. The van der Waals surface area contributed by atoms with Crippen LogP contribution in [0.5, 0.6) is 0 Å². The number of rotatable bonds is 5. The summed E-state index contributed by atoms with van der Waals surface area (Å²) in [5.74, 6) is 0.891. The molecule has 72 valence electrons. The zero-order chi connectivity index (χ0) is 9.14. The molecule has 0 heterocycles. The Morgan fingerprint density at radius 1 is 1.50 bits per heavy atom. The molecule has 2 nitrogen and oxygen atoms in total. The lowest BCUT2D eigenvalue weighted by molar-refractivity contribution is 0.497. The fraction of sp³-hybridized carbons (Fsp3) is 1.00. The predicted octanol–water partition coefficient (Wildman–Crippen LogP) is 1.14. The van der Waals surface area contributed by atoms with Crippen LogP contribution >= 0.6 is 0 Å². The van der Waals surface area contributed by atoms with Gasteiger partial charge in [-0.1, -0.05) is 0 Å². The fourth-order valence-corrected chi connectivity index (χ4v) is 1.56. The molecule has 0 radical (unpaired) electrons. The summed E-state index contributed by atoms with van der Waals surface area (Å²) in [5, 5.41) is 3.72. The van der Waals surface area contributed by atoms with Crippen LogP contribution in [0.15, 0.2) is 0 Å². The lowest BCUT2D eigenvalue weighted by atomic mass is 10.2. The van der Waals surface area contributed by atoms with Gasteiger partial charge in [-0.3, -0.25) is 4.21 Å². The van der Waals surface area contributed by atoms with Gasteiger partial charge < -0.3 is 5.32 Å². The number of hydrogen-bond acceptors (Lipinski definition) is 2. The smallest absolute Gasteiger partial charge is 0.0441 e. The first-order chi connectivity index (χ1) is 5.61. The summed E-state index contributed by atoms with van der Waals surface area (Å²) in [6.45, 7) is 5.15. The Morgan fingerprint density at radius 3 is 2.50 bits per heavy atom. The van der Waals surface area contributed by atoms with Crippen molar-refractivity contribution in [1.29, 1.82) is 0 Å². The van der Waals surface area contributed by atoms with Crippen LogP contribution < -0.4 is 5.32 Å². The highest BCUT2D eigenvalue weighted by Crippen LogP contribution is 2.32. The van der Waals surface area contributed by atoms with Gasteiger partial charge in [-0.05, 0) is 32.6 Å². The Balaban J connectivity index is 2.11. The summed E-state index contributed by atoms with van der Waals surface area (Å²) in [7, 11) is -0.682. The van der Waals surface area contributed by atoms with E-state index < -0.39 is 10.8 Å². The minimum atomic E-state index is -0.682. The molecule has 1 aliphatic carbocycles. The van der Waals surface area contributed by atoms with Crippen LogP contribution in [-0.4, -0.2) is 28.3 Å². The minimum Gasteiger partial charge on any atom is -0.313 e. The second-order valence-electron chi connectivity index (χ2n) is 3.84. The molecule has 1 N–H and O–H groups in total. The zero-order valence-corrected chi connectivity index (χ0v) is 8.99. The largest absolute Gasteiger partial charge is 0.313 e. The van der Waals surface area contributed by atoms with Crippen molar-refractivity contribution in [2.75, 3.05) is 12.8 Å². The Hall–Kier alpha value is 0.110. The van der Waals surface area contributed by atoms with Gasteiger partial charge in [0.05, 0.1) is 0 Å². The van der Waals surface area contributed by atoms with Crippen LogP contribution in [0.1, 0.15) is 26.7 Å². The number of hydrogen-bond donors (Lipinski definition) is 1. The molecule has 0 aliphatic heterocycles. The third-order valence-corrected chi connectivity index (χ3v) is 3.92. The van der Waals surface area contributed by atoms with Gasteiger partial charge in [0.25, 0.3) is 0 Å². The first-order valence-corrected chi connectivity index (χ1v) is 6.29. The first-order valence-electron chi connectivity index (χ1n) is 4.67. The van der Waals surface area contributed by atoms with Crippen LogP contribution in [0, 0.1) is 5.92 Å². The molecule has 0 spiro atoms. The van der Waals surface area contributed by atoms with Crippen molar-refractivity contribution in [2.45, 2.75) is 38.0 Å². The quantitative estimate of drug-likeness (QED) is 0.703. The summed E-state index contributed by atoms with van der Waals surface area (Å²) in [6, 6.07) is 0.621. The Bertz CT molecular complexity index is 168. The molecular weight excluding hydrogens is 170 g/mol. The maximum atomic E-state index is 11.0. The van der Waals surface area contributed by atoms with E-state index >= 15 is 0 Å². The Labute approximate surface area is 77.6 Å². The van der Waals surface area contributed by atoms with Crippen molar-refractivity contribution in [3.05, 3.63) is 0 Å². The topological polar surface area (TPSA) is 29.1 Å². The highest BCUT2D eigenvalue weighted by Gasteiger charge is 2.27. The molecule has 0 aromatic carbocycles. The van der Waals surface area contributed by atoms with E-state index in [1.165, 1.54) is 12.8 Å². The molecule has 0 aromatic rings. The van der Waals surface area contributed by atoms with E-state index in [1.54, 1.807) is 6.26 Å². The molecule has 1 aliphatic rings. The van der Waals surface area contributed by atoms with Gasteiger partial charge in [0.2, 0.25) is 0 Å². The van der Waals surface area contributed by atoms with Gasteiger partial charge in [0.1, 0.15) is 0 Å². The van der Waals surface area contributed by atoms with Crippen LogP contribution in [0.4, 0.5) is 0 Å². The highest BCUT2D eigenvalue weighted by atomic mass is 32.2. The van der Waals surface area contributed by atoms with E-state index in [2.05, 4.69) is 12.2 Å². The van der Waals surface area contributed by atoms with Gasteiger partial charge in [-0.25, -0.2) is 0 Å². The van der Waals surface area contributed by atoms with Gasteiger partial charge in [0, 0.05) is 34.9 Å². The molecule has 3 unspecified atom stereocenters. The standard InChI is InChI=1S/C9H19NOS/c1-7(12(3)11)6-10-8(2)9-4-5-9/h7-10H,4-6H2,1-3H3. The van der Waals surface area contributed by atoms with Crippen molar-refractivity contribution in [3.8, 4) is 0 Å². The molecule has 0 bridgehead atoms. The average molecular weight is 189 g/mol. The molecule has 3 heteroatoms. The van der Waals surface area contributed by atoms with Crippen molar-refractivity contribution in [1.82, 2.24) is 5.32 Å². The Morgan fingerprint density at radius 2 is 2.08 bits per heavy atom. The Kier molecular flexibility index (Phi) is 3.72. The second kappa shape index (κ2) is 4.38. The molecule has 3 atom stereocenters. The summed E-state index contributed by atoms with van der Waals surface area (Å²) in [5.41, 5.74) is 0. The van der Waals surface area contributed by atoms with Crippen molar-refractivity contribution in [2.24, 2.45) is 5.92 Å². The molecule has 1 rings (SSSR count). The van der Waals surface area contributed by atoms with Crippen molar-refractivity contribution < 1.29 is 4.21 Å². The lowest BCUT2D eigenvalue weighted by Gasteiger charge is -2.15. The molecule has 1 fully saturated rings. The van der Waals surface area contributed by atoms with Crippen molar-refractivity contribution in [3.63, 3.8) is 0 Å². The average Bonchev–Trinajstić information content (AvgIpc) is 2.81. The van der Waals surface area contributed by atoms with Gasteiger partial charge in [-0.15, -0.1) is 0 Å². The monoisotopic (exact) mass is 189 g/mol. The summed E-state index contributed by atoms with van der Waals surface area (Å²) < 4.78 is 11.0. The van der Waals surface area contributed by atoms with Crippen molar-refractivity contribution >= 4 is 10.8 Å². The third-order valence-electron chi connectivity index (χ3n) is 2.62. The maximum absolute atomic E-state index is 11.0. The third kappa shape index (κ3) is 3.23. The molecular formula is C9H19NOS. The summed E-state index contributed by atoms with van der Waals surface area (Å²) in [4.78, 5) is 0. The lowest BCUT2D eigenvalue weighted by Crippen LogP contribution is -2.35. The van der Waals surface area contributed by atoms with E-state index in [0.29, 0.717) is 6.04 Å². The fourth-order valence-electron chi connectivity index (χ4n) is 1.23. The molecule has 0 amide bonds. The van der Waals surface area contributed by atoms with E-state index in [1.807, 2.05) is 6.92 Å². The first kappa shape index (κ1) is 10.2. The molecule has 0 saturated heterocycles. The second-order valence-corrected chi connectivity index (χ2v) is 5.65. The summed E-state index contributed by atoms with van der Waals surface area (Å²) >= 11 is 0. The predicted molar refractivity (Wildman–Crippen MR) is 53.7 cm³/mol. The van der Waals surface area contributed by atoms with Gasteiger partial charge in [-0.2, -0.15) is 0 Å². The summed E-state index contributed by atoms with van der Waals surface area (Å²) in [6.07, 6.45) is 4.52. The van der Waals surface area contributed by atoms with E-state index in [9.17, 15) is 4.21 Å². The van der Waals surface area contributed by atoms with E-state index in [0.717, 1.165) is 12.5 Å². The van der Waals surface area contributed by atoms with Gasteiger partial charge >= 0.3 is 0 Å². The normalized spacial score (nSPS) is 24.9. The molecule has 1 saturated carbocycles. The van der Waals surface area contributed by atoms with Gasteiger partial charge in [0.15, 0.2) is 0 Å². The number of nitrogens with one attached hydrogen (secondary N) is 1. The van der Waals surface area contributed by atoms with Crippen LogP contribution in [-0.2, 0) is 10.8 Å². The molecule has 0 aromatic heterocycles. The molecule has 12 heavy (non-hydrogen) atoms. The zero-order valence-electron chi connectivity index (χ0n) is 8.17. The SMILES string of the molecule is CC(NCC(C)S(C)=O)C1CC1.